The highest BCUT2D eigenvalue weighted by Gasteiger charge is 2.06. The lowest BCUT2D eigenvalue weighted by molar-refractivity contribution is 0.449. The molecule has 0 aliphatic rings. The summed E-state index contributed by atoms with van der Waals surface area (Å²) in [5.74, 6) is -0.258. The van der Waals surface area contributed by atoms with Crippen molar-refractivity contribution in [3.8, 4) is 11.5 Å². The number of nitrogens with two attached hydrogens (primary N) is 1. The van der Waals surface area contributed by atoms with Crippen LogP contribution in [0.25, 0.3) is 5.57 Å². The molecule has 0 aliphatic carbocycles. The molecule has 0 spiro atoms. The van der Waals surface area contributed by atoms with E-state index in [1.54, 1.807) is 0 Å². The van der Waals surface area contributed by atoms with Crippen LogP contribution in [0, 0.1) is 0 Å². The molecule has 0 saturated heterocycles. The Morgan fingerprint density at radius 2 is 2.15 bits per heavy atom. The lowest BCUT2D eigenvalue weighted by atomic mass is 10.1. The summed E-state index contributed by atoms with van der Waals surface area (Å²) in [7, 11) is 0. The zero-order chi connectivity index (χ0) is 9.84. The van der Waals surface area contributed by atoms with E-state index in [0.29, 0.717) is 11.9 Å². The van der Waals surface area contributed by atoms with Gasteiger partial charge in [-0.25, -0.2) is 4.39 Å². The number of phenolic OH excluding ortho intramolecular Hbond substituents is 2. The Labute approximate surface area is 74.9 Å². The summed E-state index contributed by atoms with van der Waals surface area (Å²) in [6, 6.07) is 3.89. The molecule has 0 aliphatic heterocycles. The van der Waals surface area contributed by atoms with Gasteiger partial charge >= 0.3 is 0 Å². The summed E-state index contributed by atoms with van der Waals surface area (Å²) in [5.41, 5.74) is 5.73. The quantitative estimate of drug-likeness (QED) is 0.648. The van der Waals surface area contributed by atoms with Crippen molar-refractivity contribution in [1.82, 2.24) is 0 Å². The molecule has 1 aromatic rings. The van der Waals surface area contributed by atoms with E-state index in [-0.39, 0.29) is 23.6 Å². The summed E-state index contributed by atoms with van der Waals surface area (Å²) < 4.78 is 12.2. The van der Waals surface area contributed by atoms with Crippen molar-refractivity contribution in [2.45, 2.75) is 0 Å². The number of rotatable bonds is 2. The van der Waals surface area contributed by atoms with Crippen LogP contribution in [0.1, 0.15) is 5.56 Å². The van der Waals surface area contributed by atoms with Crippen LogP contribution in [0.2, 0.25) is 0 Å². The van der Waals surface area contributed by atoms with Crippen LogP contribution in [-0.4, -0.2) is 16.8 Å². The van der Waals surface area contributed by atoms with Crippen LogP contribution in [0.4, 0.5) is 4.39 Å². The van der Waals surface area contributed by atoms with Crippen molar-refractivity contribution in [2.24, 2.45) is 5.73 Å². The third-order valence-corrected chi connectivity index (χ3v) is 1.68. The number of halogens is 1. The first-order valence-electron chi connectivity index (χ1n) is 3.70. The number of hydrogen-bond acceptors (Lipinski definition) is 3. The van der Waals surface area contributed by atoms with Gasteiger partial charge in [-0.05, 0) is 12.1 Å². The Kier molecular flexibility index (Phi) is 2.87. The maximum Gasteiger partial charge on any atom is 0.126 e. The summed E-state index contributed by atoms with van der Waals surface area (Å²) in [5, 5.41) is 18.3. The Hall–Kier alpha value is -1.55. The van der Waals surface area contributed by atoms with Crippen molar-refractivity contribution < 1.29 is 14.6 Å². The highest BCUT2D eigenvalue weighted by molar-refractivity contribution is 5.71. The first-order valence-corrected chi connectivity index (χ1v) is 3.70. The van der Waals surface area contributed by atoms with Gasteiger partial charge in [0.15, 0.2) is 0 Å². The Balaban J connectivity index is 3.15. The second-order valence-corrected chi connectivity index (χ2v) is 2.54. The molecule has 13 heavy (non-hydrogen) atoms. The summed E-state index contributed by atoms with van der Waals surface area (Å²) in [6.45, 7) is -0.00512. The van der Waals surface area contributed by atoms with E-state index < -0.39 is 0 Å². The summed E-state index contributed by atoms with van der Waals surface area (Å²) in [4.78, 5) is 0. The zero-order valence-electron chi connectivity index (χ0n) is 6.87. The minimum absolute atomic E-state index is 0.00512. The molecule has 3 nitrogen and oxygen atoms in total. The fourth-order valence-electron chi connectivity index (χ4n) is 1.00. The highest BCUT2D eigenvalue weighted by Crippen LogP contribution is 2.28. The Morgan fingerprint density at radius 3 is 2.62 bits per heavy atom. The smallest absolute Gasteiger partial charge is 0.126 e. The predicted octanol–water partition coefficient (Wildman–Crippen LogP) is 1.37. The molecule has 0 aromatic heterocycles. The van der Waals surface area contributed by atoms with Gasteiger partial charge in [-0.15, -0.1) is 0 Å². The number of phenols is 2. The van der Waals surface area contributed by atoms with Gasteiger partial charge < -0.3 is 15.9 Å². The lowest BCUT2D eigenvalue weighted by Crippen LogP contribution is -2.01. The third kappa shape index (κ3) is 1.97. The van der Waals surface area contributed by atoms with Crippen LogP contribution in [0.15, 0.2) is 24.5 Å². The van der Waals surface area contributed by atoms with Crippen molar-refractivity contribution >= 4 is 5.57 Å². The van der Waals surface area contributed by atoms with Gasteiger partial charge in [-0.1, -0.05) is 0 Å². The topological polar surface area (TPSA) is 66.5 Å². The summed E-state index contributed by atoms with van der Waals surface area (Å²) in [6.07, 6.45) is 0.339. The molecule has 0 amide bonds. The fraction of sp³-hybridized carbons (Fsp3) is 0.111. The van der Waals surface area contributed by atoms with E-state index in [1.165, 1.54) is 12.1 Å². The maximum atomic E-state index is 12.2. The van der Waals surface area contributed by atoms with Crippen LogP contribution in [-0.2, 0) is 0 Å². The minimum atomic E-state index is -0.186. The predicted molar refractivity (Wildman–Crippen MR) is 47.9 cm³/mol. The normalized spacial score (nSPS) is 11.7. The van der Waals surface area contributed by atoms with Crippen molar-refractivity contribution in [3.05, 3.63) is 30.1 Å². The molecule has 1 rings (SSSR count). The van der Waals surface area contributed by atoms with Crippen LogP contribution >= 0.6 is 0 Å². The molecule has 0 fully saturated rings. The van der Waals surface area contributed by atoms with Gasteiger partial charge in [-0.2, -0.15) is 0 Å². The van der Waals surface area contributed by atoms with Crippen LogP contribution < -0.4 is 5.73 Å². The second-order valence-electron chi connectivity index (χ2n) is 2.54. The maximum absolute atomic E-state index is 12.2. The first-order chi connectivity index (χ1) is 6.19. The second kappa shape index (κ2) is 3.91. The van der Waals surface area contributed by atoms with Crippen molar-refractivity contribution in [3.63, 3.8) is 0 Å². The van der Waals surface area contributed by atoms with Gasteiger partial charge in [0.25, 0.3) is 0 Å². The van der Waals surface area contributed by atoms with Gasteiger partial charge in [0, 0.05) is 23.7 Å². The molecule has 70 valence electrons. The Morgan fingerprint density at radius 1 is 1.46 bits per heavy atom. The SMILES string of the molecule is NC/C(=C/F)c1ccc(O)cc1O. The monoisotopic (exact) mass is 183 g/mol. The molecule has 1 aromatic carbocycles. The van der Waals surface area contributed by atoms with Crippen LogP contribution in [0.5, 0.6) is 11.5 Å². The molecule has 4 heteroatoms. The first kappa shape index (κ1) is 9.54. The molecule has 0 radical (unpaired) electrons. The van der Waals surface area contributed by atoms with E-state index in [1.807, 2.05) is 0 Å². The molecule has 0 atom stereocenters. The molecule has 0 bridgehead atoms. The van der Waals surface area contributed by atoms with Crippen molar-refractivity contribution in [1.29, 1.82) is 0 Å². The average molecular weight is 183 g/mol. The molecule has 4 N–H and O–H groups in total. The minimum Gasteiger partial charge on any atom is -0.508 e. The molecule has 0 heterocycles. The van der Waals surface area contributed by atoms with E-state index in [0.717, 1.165) is 6.07 Å². The highest BCUT2D eigenvalue weighted by atomic mass is 19.1. The van der Waals surface area contributed by atoms with Gasteiger partial charge in [0.1, 0.15) is 11.5 Å². The number of benzene rings is 1. The Bertz CT molecular complexity index is 336. The molecule has 0 unspecified atom stereocenters. The molecule has 0 saturated carbocycles. The van der Waals surface area contributed by atoms with Gasteiger partial charge in [0.2, 0.25) is 0 Å². The van der Waals surface area contributed by atoms with E-state index in [9.17, 15) is 9.50 Å². The third-order valence-electron chi connectivity index (χ3n) is 1.68. The fourth-order valence-corrected chi connectivity index (χ4v) is 1.00. The number of hydrogen-bond donors (Lipinski definition) is 3. The average Bonchev–Trinajstić information content (AvgIpc) is 2.10. The van der Waals surface area contributed by atoms with Crippen LogP contribution in [0.3, 0.4) is 0 Å². The van der Waals surface area contributed by atoms with Gasteiger partial charge in [-0.3, -0.25) is 0 Å². The molecular formula is C9H10FNO2. The van der Waals surface area contributed by atoms with E-state index >= 15 is 0 Å². The zero-order valence-corrected chi connectivity index (χ0v) is 6.87. The molecular weight excluding hydrogens is 173 g/mol. The van der Waals surface area contributed by atoms with Crippen molar-refractivity contribution in [2.75, 3.05) is 6.54 Å². The van der Waals surface area contributed by atoms with E-state index in [4.69, 9.17) is 10.8 Å². The lowest BCUT2D eigenvalue weighted by Gasteiger charge is -2.05. The van der Waals surface area contributed by atoms with Gasteiger partial charge in [0.05, 0.1) is 6.33 Å². The van der Waals surface area contributed by atoms with E-state index in [2.05, 4.69) is 0 Å². The largest absolute Gasteiger partial charge is 0.508 e. The summed E-state index contributed by atoms with van der Waals surface area (Å²) >= 11 is 0. The number of aromatic hydroxyl groups is 2. The standard InChI is InChI=1S/C9H10FNO2/c10-4-6(5-11)8-2-1-7(12)3-9(8)13/h1-4,12-13H,5,11H2/b6-4-.